The van der Waals surface area contributed by atoms with Gasteiger partial charge in [-0.3, -0.25) is 9.79 Å². The van der Waals surface area contributed by atoms with Crippen LogP contribution in [0.5, 0.6) is 0 Å². The van der Waals surface area contributed by atoms with E-state index in [4.69, 9.17) is 16.3 Å². The number of ether oxygens (including phenoxy) is 1. The minimum absolute atomic E-state index is 0. The summed E-state index contributed by atoms with van der Waals surface area (Å²) in [6, 6.07) is 7.88. The number of halogens is 2. The lowest BCUT2D eigenvalue weighted by Crippen LogP contribution is -2.45. The van der Waals surface area contributed by atoms with Crippen LogP contribution >= 0.6 is 35.6 Å². The number of nitrogens with zero attached hydrogens (tertiary/aromatic N) is 2. The highest BCUT2D eigenvalue weighted by Crippen LogP contribution is 2.13. The van der Waals surface area contributed by atoms with Crippen molar-refractivity contribution in [3.63, 3.8) is 0 Å². The van der Waals surface area contributed by atoms with Gasteiger partial charge in [-0.15, -0.1) is 24.0 Å². The standard InChI is InChI=1S/C20H31ClN4O2.HI/c1-4-22-20(24-18-9-11-25(13-18)19(26)15(2)3)23-10-12-27-14-16-5-7-17(21)8-6-16;/h5-8,15,18H,4,9-14H2,1-3H3,(H2,22,23,24);1H. The molecule has 2 N–H and O–H groups in total. The van der Waals surface area contributed by atoms with E-state index in [-0.39, 0.29) is 41.8 Å². The third kappa shape index (κ3) is 8.53. The van der Waals surface area contributed by atoms with Crippen LogP contribution in [-0.2, 0) is 16.1 Å². The van der Waals surface area contributed by atoms with E-state index in [2.05, 4.69) is 15.6 Å². The first-order valence-electron chi connectivity index (χ1n) is 9.65. The summed E-state index contributed by atoms with van der Waals surface area (Å²) in [5, 5.41) is 7.41. The number of rotatable bonds is 8. The lowest BCUT2D eigenvalue weighted by molar-refractivity contribution is -0.133. The van der Waals surface area contributed by atoms with Gasteiger partial charge in [-0.25, -0.2) is 0 Å². The van der Waals surface area contributed by atoms with Crippen molar-refractivity contribution < 1.29 is 9.53 Å². The van der Waals surface area contributed by atoms with Crippen molar-refractivity contribution in [2.45, 2.75) is 39.8 Å². The van der Waals surface area contributed by atoms with Crippen LogP contribution in [-0.4, -0.2) is 55.6 Å². The number of aliphatic imine (C=N–C) groups is 1. The van der Waals surface area contributed by atoms with E-state index < -0.39 is 0 Å². The van der Waals surface area contributed by atoms with Crippen molar-refractivity contribution in [2.24, 2.45) is 10.9 Å². The maximum absolute atomic E-state index is 12.1. The summed E-state index contributed by atoms with van der Waals surface area (Å²) in [5.41, 5.74) is 1.09. The van der Waals surface area contributed by atoms with Crippen molar-refractivity contribution in [2.75, 3.05) is 32.8 Å². The molecule has 0 aromatic heterocycles. The molecule has 8 heteroatoms. The molecule has 1 aromatic rings. The molecular weight excluding hydrogens is 491 g/mol. The molecule has 0 bridgehead atoms. The average molecular weight is 523 g/mol. The minimum atomic E-state index is 0. The Morgan fingerprint density at radius 1 is 1.36 bits per heavy atom. The Balaban J connectivity index is 0.00000392. The van der Waals surface area contributed by atoms with E-state index >= 15 is 0 Å². The lowest BCUT2D eigenvalue weighted by atomic mass is 10.2. The van der Waals surface area contributed by atoms with Crippen molar-refractivity contribution in [3.8, 4) is 0 Å². The zero-order valence-electron chi connectivity index (χ0n) is 16.9. The average Bonchev–Trinajstić information content (AvgIpc) is 3.10. The highest BCUT2D eigenvalue weighted by atomic mass is 127. The minimum Gasteiger partial charge on any atom is -0.375 e. The normalized spacial score (nSPS) is 16.8. The number of amides is 1. The molecule has 0 spiro atoms. The fourth-order valence-corrected chi connectivity index (χ4v) is 3.08. The first-order valence-corrected chi connectivity index (χ1v) is 10.0. The number of hydrogen-bond acceptors (Lipinski definition) is 3. The van der Waals surface area contributed by atoms with E-state index in [9.17, 15) is 4.79 Å². The Morgan fingerprint density at radius 2 is 2.07 bits per heavy atom. The van der Waals surface area contributed by atoms with Crippen LogP contribution in [0, 0.1) is 5.92 Å². The van der Waals surface area contributed by atoms with Crippen molar-refractivity contribution in [1.82, 2.24) is 15.5 Å². The molecule has 1 amide bonds. The van der Waals surface area contributed by atoms with Gasteiger partial charge in [-0.05, 0) is 31.0 Å². The van der Waals surface area contributed by atoms with Crippen LogP contribution in [0.4, 0.5) is 0 Å². The summed E-state index contributed by atoms with van der Waals surface area (Å²) in [4.78, 5) is 18.6. The number of carbonyl (C=O) groups is 1. The Morgan fingerprint density at radius 3 is 2.71 bits per heavy atom. The molecule has 1 saturated heterocycles. The Bertz CT molecular complexity index is 625. The van der Waals surface area contributed by atoms with E-state index in [0.29, 0.717) is 19.8 Å². The van der Waals surface area contributed by atoms with Gasteiger partial charge in [0.1, 0.15) is 0 Å². The fraction of sp³-hybridized carbons (Fsp3) is 0.600. The number of guanidine groups is 1. The predicted molar refractivity (Wildman–Crippen MR) is 125 cm³/mol. The van der Waals surface area contributed by atoms with Gasteiger partial charge in [-0.2, -0.15) is 0 Å². The van der Waals surface area contributed by atoms with Gasteiger partial charge in [0.2, 0.25) is 5.91 Å². The second-order valence-corrected chi connectivity index (χ2v) is 7.45. The molecule has 158 valence electrons. The summed E-state index contributed by atoms with van der Waals surface area (Å²) in [7, 11) is 0. The maximum atomic E-state index is 12.1. The van der Waals surface area contributed by atoms with Gasteiger partial charge in [0, 0.05) is 36.6 Å². The van der Waals surface area contributed by atoms with Crippen molar-refractivity contribution in [3.05, 3.63) is 34.9 Å². The largest absolute Gasteiger partial charge is 0.375 e. The Labute approximate surface area is 190 Å². The molecular formula is C20H32ClIN4O2. The maximum Gasteiger partial charge on any atom is 0.225 e. The molecule has 1 atom stereocenters. The van der Waals surface area contributed by atoms with Crippen LogP contribution < -0.4 is 10.6 Å². The highest BCUT2D eigenvalue weighted by molar-refractivity contribution is 14.0. The molecule has 2 rings (SSSR count). The monoisotopic (exact) mass is 522 g/mol. The van der Waals surface area contributed by atoms with Crippen LogP contribution in [0.25, 0.3) is 0 Å². The van der Waals surface area contributed by atoms with E-state index in [1.54, 1.807) is 0 Å². The molecule has 0 radical (unpaired) electrons. The zero-order chi connectivity index (χ0) is 19.6. The number of carbonyl (C=O) groups excluding carboxylic acids is 1. The van der Waals surface area contributed by atoms with E-state index in [1.165, 1.54) is 0 Å². The van der Waals surface area contributed by atoms with E-state index in [1.807, 2.05) is 49.9 Å². The molecule has 1 fully saturated rings. The van der Waals surface area contributed by atoms with Crippen LogP contribution in [0.15, 0.2) is 29.3 Å². The molecule has 1 heterocycles. The summed E-state index contributed by atoms with van der Waals surface area (Å²) < 4.78 is 5.67. The van der Waals surface area contributed by atoms with Crippen LogP contribution in [0.2, 0.25) is 5.02 Å². The topological polar surface area (TPSA) is 66.0 Å². The fourth-order valence-electron chi connectivity index (χ4n) is 2.95. The molecule has 1 aromatic carbocycles. The number of benzene rings is 1. The summed E-state index contributed by atoms with van der Waals surface area (Å²) >= 11 is 5.88. The van der Waals surface area contributed by atoms with Gasteiger partial charge < -0.3 is 20.3 Å². The summed E-state index contributed by atoms with van der Waals surface area (Å²) in [6.45, 7) is 9.91. The molecule has 1 unspecified atom stereocenters. The molecule has 0 aliphatic carbocycles. The van der Waals surface area contributed by atoms with Crippen molar-refractivity contribution >= 4 is 47.4 Å². The second kappa shape index (κ2) is 13.2. The van der Waals surface area contributed by atoms with Crippen molar-refractivity contribution in [1.29, 1.82) is 0 Å². The first-order chi connectivity index (χ1) is 13.0. The highest BCUT2D eigenvalue weighted by Gasteiger charge is 2.27. The SMILES string of the molecule is CCNC(=NCCOCc1ccc(Cl)cc1)NC1CCN(C(=O)C(C)C)C1.I. The van der Waals surface area contributed by atoms with E-state index in [0.717, 1.165) is 42.6 Å². The Kier molecular flexibility index (Phi) is 11.8. The first kappa shape index (κ1) is 25.0. The van der Waals surface area contributed by atoms with Gasteiger partial charge in [0.25, 0.3) is 0 Å². The zero-order valence-corrected chi connectivity index (χ0v) is 20.0. The third-order valence-electron chi connectivity index (χ3n) is 4.37. The number of likely N-dealkylation sites (tertiary alicyclic amines) is 1. The molecule has 1 aliphatic heterocycles. The molecule has 28 heavy (non-hydrogen) atoms. The summed E-state index contributed by atoms with van der Waals surface area (Å²) in [5.74, 6) is 1.04. The Hall–Kier alpha value is -1.06. The smallest absolute Gasteiger partial charge is 0.225 e. The predicted octanol–water partition coefficient (Wildman–Crippen LogP) is 3.29. The second-order valence-electron chi connectivity index (χ2n) is 7.01. The van der Waals surface area contributed by atoms with Gasteiger partial charge in [-0.1, -0.05) is 37.6 Å². The molecule has 0 saturated carbocycles. The lowest BCUT2D eigenvalue weighted by Gasteiger charge is -2.20. The van der Waals surface area contributed by atoms with Gasteiger partial charge in [0.15, 0.2) is 5.96 Å². The van der Waals surface area contributed by atoms with Gasteiger partial charge >= 0.3 is 0 Å². The van der Waals surface area contributed by atoms with Gasteiger partial charge in [0.05, 0.1) is 19.8 Å². The summed E-state index contributed by atoms with van der Waals surface area (Å²) in [6.07, 6.45) is 0.940. The third-order valence-corrected chi connectivity index (χ3v) is 4.62. The van der Waals surface area contributed by atoms with Crippen LogP contribution in [0.1, 0.15) is 32.8 Å². The molecule has 1 aliphatic rings. The quantitative estimate of drug-likeness (QED) is 0.238. The number of nitrogens with one attached hydrogen (secondary N) is 2. The molecule has 6 nitrogen and oxygen atoms in total. The number of hydrogen-bond donors (Lipinski definition) is 2. The van der Waals surface area contributed by atoms with Crippen LogP contribution in [0.3, 0.4) is 0 Å².